The van der Waals surface area contributed by atoms with Crippen LogP contribution in [-0.4, -0.2) is 30.5 Å². The zero-order valence-corrected chi connectivity index (χ0v) is 11.0. The number of anilines is 1. The third kappa shape index (κ3) is 2.73. The summed E-state index contributed by atoms with van der Waals surface area (Å²) in [4.78, 5) is 12.1. The first-order chi connectivity index (χ1) is 9.02. The van der Waals surface area contributed by atoms with E-state index in [0.717, 1.165) is 0 Å². The highest BCUT2D eigenvalue weighted by molar-refractivity contribution is 6.00. The molecule has 19 heavy (non-hydrogen) atoms. The Morgan fingerprint density at radius 2 is 2.05 bits per heavy atom. The van der Waals surface area contributed by atoms with Gasteiger partial charge in [-0.25, -0.2) is 0 Å². The van der Waals surface area contributed by atoms with Crippen LogP contribution >= 0.6 is 0 Å². The second-order valence-electron chi connectivity index (χ2n) is 4.80. The maximum atomic E-state index is 12.1. The van der Waals surface area contributed by atoms with E-state index in [0.29, 0.717) is 22.7 Å². The van der Waals surface area contributed by atoms with Gasteiger partial charge in [0.25, 0.3) is 5.91 Å². The number of hydrogen-bond acceptors (Lipinski definition) is 5. The van der Waals surface area contributed by atoms with Crippen molar-refractivity contribution in [3.8, 4) is 11.5 Å². The number of nitrogens with two attached hydrogens (primary N) is 1. The summed E-state index contributed by atoms with van der Waals surface area (Å²) >= 11 is 0. The summed E-state index contributed by atoms with van der Waals surface area (Å²) in [5.41, 5.74) is 6.47. The molecule has 0 saturated carbocycles. The molecule has 1 heterocycles. The Hall–Kier alpha value is -1.95. The topological polar surface area (TPSA) is 93.8 Å². The van der Waals surface area contributed by atoms with Crippen LogP contribution in [0.1, 0.15) is 24.2 Å². The quantitative estimate of drug-likeness (QED) is 0.699. The van der Waals surface area contributed by atoms with Crippen molar-refractivity contribution < 1.29 is 19.4 Å². The molecule has 0 radical (unpaired) electrons. The highest BCUT2D eigenvalue weighted by Crippen LogP contribution is 2.35. The lowest BCUT2D eigenvalue weighted by atomic mass is 10.0. The van der Waals surface area contributed by atoms with Crippen molar-refractivity contribution in [2.75, 3.05) is 19.1 Å². The highest BCUT2D eigenvalue weighted by atomic mass is 16.7. The van der Waals surface area contributed by atoms with Crippen molar-refractivity contribution in [2.24, 2.45) is 5.92 Å². The molecule has 1 atom stereocenters. The minimum absolute atomic E-state index is 0.117. The number of ether oxygens (including phenoxy) is 2. The average molecular weight is 266 g/mol. The monoisotopic (exact) mass is 266 g/mol. The molecule has 1 aromatic rings. The first kappa shape index (κ1) is 13.5. The van der Waals surface area contributed by atoms with E-state index >= 15 is 0 Å². The molecule has 1 aliphatic rings. The molecule has 6 heteroatoms. The van der Waals surface area contributed by atoms with E-state index in [2.05, 4.69) is 5.32 Å². The largest absolute Gasteiger partial charge is 0.454 e. The maximum absolute atomic E-state index is 12.1. The van der Waals surface area contributed by atoms with E-state index < -0.39 is 0 Å². The third-order valence-corrected chi connectivity index (χ3v) is 3.11. The van der Waals surface area contributed by atoms with Crippen LogP contribution in [0.25, 0.3) is 0 Å². The van der Waals surface area contributed by atoms with Gasteiger partial charge >= 0.3 is 0 Å². The first-order valence-corrected chi connectivity index (χ1v) is 6.13. The van der Waals surface area contributed by atoms with E-state index in [4.69, 9.17) is 15.2 Å². The number of carbonyl (C=O) groups is 1. The van der Waals surface area contributed by atoms with Crippen LogP contribution in [0.5, 0.6) is 11.5 Å². The summed E-state index contributed by atoms with van der Waals surface area (Å²) in [6.45, 7) is 3.85. The molecule has 0 aliphatic carbocycles. The molecule has 1 unspecified atom stereocenters. The lowest BCUT2D eigenvalue weighted by Gasteiger charge is -2.20. The van der Waals surface area contributed by atoms with Crippen LogP contribution in [0.3, 0.4) is 0 Å². The zero-order chi connectivity index (χ0) is 14.0. The predicted molar refractivity (Wildman–Crippen MR) is 70.2 cm³/mol. The molecule has 4 N–H and O–H groups in total. The van der Waals surface area contributed by atoms with Crippen LogP contribution in [0, 0.1) is 5.92 Å². The van der Waals surface area contributed by atoms with Gasteiger partial charge in [0.1, 0.15) is 0 Å². The summed E-state index contributed by atoms with van der Waals surface area (Å²) in [6.07, 6.45) is 0. The number of nitrogens with one attached hydrogen (secondary N) is 1. The molecular weight excluding hydrogens is 248 g/mol. The Kier molecular flexibility index (Phi) is 3.80. The first-order valence-electron chi connectivity index (χ1n) is 6.13. The molecule has 0 spiro atoms. The van der Waals surface area contributed by atoms with Crippen LogP contribution in [0.4, 0.5) is 5.69 Å². The molecule has 1 amide bonds. The molecule has 0 fully saturated rings. The summed E-state index contributed by atoms with van der Waals surface area (Å²) in [6, 6.07) is 2.82. The minimum Gasteiger partial charge on any atom is -0.454 e. The predicted octanol–water partition coefficient (Wildman–Crippen LogP) is 0.744. The number of benzene rings is 1. The van der Waals surface area contributed by atoms with Crippen molar-refractivity contribution >= 4 is 11.6 Å². The van der Waals surface area contributed by atoms with Crippen LogP contribution in [0.2, 0.25) is 0 Å². The molecule has 1 aliphatic heterocycles. The fourth-order valence-corrected chi connectivity index (χ4v) is 1.82. The Bertz CT molecular complexity index is 488. The summed E-state index contributed by atoms with van der Waals surface area (Å²) in [5, 5.41) is 12.0. The van der Waals surface area contributed by atoms with Gasteiger partial charge in [-0.05, 0) is 12.0 Å². The van der Waals surface area contributed by atoms with Crippen LogP contribution in [-0.2, 0) is 0 Å². The number of fused-ring (bicyclic) bond motifs is 1. The molecular formula is C13H18N2O4. The number of amides is 1. The van der Waals surface area contributed by atoms with E-state index in [1.807, 2.05) is 13.8 Å². The molecule has 0 aromatic heterocycles. The molecule has 0 bridgehead atoms. The Morgan fingerprint density at radius 1 is 1.42 bits per heavy atom. The van der Waals surface area contributed by atoms with Crippen LogP contribution < -0.4 is 20.5 Å². The van der Waals surface area contributed by atoms with Gasteiger partial charge in [0, 0.05) is 11.8 Å². The van der Waals surface area contributed by atoms with Gasteiger partial charge in [-0.1, -0.05) is 13.8 Å². The van der Waals surface area contributed by atoms with E-state index in [1.54, 1.807) is 12.1 Å². The second kappa shape index (κ2) is 5.36. The number of hydrogen-bond donors (Lipinski definition) is 3. The SMILES string of the molecule is CC(C)C(CO)NC(=O)c1cc2c(cc1N)OCO2. The number of carbonyl (C=O) groups excluding carboxylic acids is 1. The van der Waals surface area contributed by atoms with Crippen molar-refractivity contribution in [3.05, 3.63) is 17.7 Å². The lowest BCUT2D eigenvalue weighted by molar-refractivity contribution is 0.0897. The van der Waals surface area contributed by atoms with Crippen molar-refractivity contribution in [2.45, 2.75) is 19.9 Å². The number of aliphatic hydroxyl groups excluding tert-OH is 1. The Labute approximate surface area is 111 Å². The Balaban J connectivity index is 2.20. The fraction of sp³-hybridized carbons (Fsp3) is 0.462. The van der Waals surface area contributed by atoms with Gasteiger partial charge in [-0.2, -0.15) is 0 Å². The van der Waals surface area contributed by atoms with Gasteiger partial charge < -0.3 is 25.6 Å². The number of rotatable bonds is 4. The molecule has 0 saturated heterocycles. The van der Waals surface area contributed by atoms with E-state index in [-0.39, 0.29) is 31.3 Å². The average Bonchev–Trinajstić information content (AvgIpc) is 2.81. The summed E-state index contributed by atoms with van der Waals surface area (Å²) < 4.78 is 10.4. The molecule has 6 nitrogen and oxygen atoms in total. The van der Waals surface area contributed by atoms with Crippen LogP contribution in [0.15, 0.2) is 12.1 Å². The molecule has 104 valence electrons. The lowest BCUT2D eigenvalue weighted by Crippen LogP contribution is -2.41. The molecule has 1 aromatic carbocycles. The smallest absolute Gasteiger partial charge is 0.253 e. The van der Waals surface area contributed by atoms with Gasteiger partial charge in [0.05, 0.1) is 18.2 Å². The standard InChI is InChI=1S/C13H18N2O4/c1-7(2)10(5-16)15-13(17)8-3-11-12(4-9(8)14)19-6-18-11/h3-4,7,10,16H,5-6,14H2,1-2H3,(H,15,17). The Morgan fingerprint density at radius 3 is 2.63 bits per heavy atom. The van der Waals surface area contributed by atoms with Crippen molar-refractivity contribution in [1.29, 1.82) is 0 Å². The minimum atomic E-state index is -0.330. The maximum Gasteiger partial charge on any atom is 0.253 e. The van der Waals surface area contributed by atoms with Gasteiger partial charge in [-0.3, -0.25) is 4.79 Å². The summed E-state index contributed by atoms with van der Waals surface area (Å²) in [7, 11) is 0. The normalized spacial score (nSPS) is 14.5. The van der Waals surface area contributed by atoms with Crippen molar-refractivity contribution in [1.82, 2.24) is 5.32 Å². The highest BCUT2D eigenvalue weighted by Gasteiger charge is 2.22. The van der Waals surface area contributed by atoms with E-state index in [1.165, 1.54) is 0 Å². The second-order valence-corrected chi connectivity index (χ2v) is 4.80. The van der Waals surface area contributed by atoms with E-state index in [9.17, 15) is 9.90 Å². The van der Waals surface area contributed by atoms with Crippen molar-refractivity contribution in [3.63, 3.8) is 0 Å². The number of aliphatic hydroxyl groups is 1. The van der Waals surface area contributed by atoms with Gasteiger partial charge in [-0.15, -0.1) is 0 Å². The molecule has 2 rings (SSSR count). The summed E-state index contributed by atoms with van der Waals surface area (Å²) in [5.74, 6) is 0.841. The van der Waals surface area contributed by atoms with Gasteiger partial charge in [0.2, 0.25) is 6.79 Å². The zero-order valence-electron chi connectivity index (χ0n) is 11.0. The van der Waals surface area contributed by atoms with Gasteiger partial charge in [0.15, 0.2) is 11.5 Å². The fourth-order valence-electron chi connectivity index (χ4n) is 1.82. The third-order valence-electron chi connectivity index (χ3n) is 3.11. The number of nitrogen functional groups attached to an aromatic ring is 1.